The monoisotopic (exact) mass is 333 g/mol. The summed E-state index contributed by atoms with van der Waals surface area (Å²) in [5.74, 6) is -1.24. The highest BCUT2D eigenvalue weighted by Crippen LogP contribution is 2.14. The number of para-hydroxylation sites is 1. The van der Waals surface area contributed by atoms with Crippen molar-refractivity contribution in [1.82, 2.24) is 15.1 Å². The highest BCUT2D eigenvalue weighted by atomic mass is 16.5. The molecule has 0 saturated carbocycles. The molecule has 2 aromatic rings. The van der Waals surface area contributed by atoms with E-state index >= 15 is 0 Å². The number of carbonyl (C=O) groups excluding carboxylic acids is 1. The van der Waals surface area contributed by atoms with E-state index in [2.05, 4.69) is 10.4 Å². The molecule has 0 bridgehead atoms. The zero-order chi connectivity index (χ0) is 16.9. The van der Waals surface area contributed by atoms with Crippen molar-refractivity contribution in [3.8, 4) is 0 Å². The molecule has 2 heterocycles. The molecule has 1 aliphatic rings. The van der Waals surface area contributed by atoms with E-state index in [0.29, 0.717) is 13.0 Å². The molecule has 8 nitrogen and oxygen atoms in total. The number of aromatic nitrogens is 2. The largest absolute Gasteiger partial charge is 0.480 e. The van der Waals surface area contributed by atoms with Gasteiger partial charge in [-0.3, -0.25) is 9.48 Å². The fourth-order valence-corrected chi connectivity index (χ4v) is 2.76. The van der Waals surface area contributed by atoms with Crippen LogP contribution >= 0.6 is 0 Å². The van der Waals surface area contributed by atoms with E-state index in [0.717, 1.165) is 10.9 Å². The van der Waals surface area contributed by atoms with Crippen molar-refractivity contribution < 1.29 is 24.2 Å². The average Bonchev–Trinajstić information content (AvgIpc) is 2.97. The lowest BCUT2D eigenvalue weighted by Gasteiger charge is -2.31. The van der Waals surface area contributed by atoms with Crippen LogP contribution < -0.4 is 5.32 Å². The molecule has 1 fully saturated rings. The fourth-order valence-electron chi connectivity index (χ4n) is 2.76. The third kappa shape index (κ3) is 3.90. The highest BCUT2D eigenvalue weighted by molar-refractivity contribution is 5.82. The number of hydrogen-bond donors (Lipinski definition) is 2. The number of amides is 1. The van der Waals surface area contributed by atoms with Crippen molar-refractivity contribution >= 4 is 22.8 Å². The molecule has 24 heavy (non-hydrogen) atoms. The second kappa shape index (κ2) is 7.41. The van der Waals surface area contributed by atoms with Crippen molar-refractivity contribution in [2.24, 2.45) is 0 Å². The Hall–Kier alpha value is -2.45. The zero-order valence-electron chi connectivity index (χ0n) is 13.1. The summed E-state index contributed by atoms with van der Waals surface area (Å²) in [6.45, 7) is 0.451. The Morgan fingerprint density at radius 2 is 2.25 bits per heavy atom. The van der Waals surface area contributed by atoms with E-state index in [-0.39, 0.29) is 25.1 Å². The second-order valence-corrected chi connectivity index (χ2v) is 5.64. The quantitative estimate of drug-likeness (QED) is 0.794. The van der Waals surface area contributed by atoms with Gasteiger partial charge in [-0.25, -0.2) is 4.79 Å². The Bertz CT molecular complexity index is 729. The van der Waals surface area contributed by atoms with E-state index < -0.39 is 18.7 Å². The van der Waals surface area contributed by atoms with Crippen molar-refractivity contribution in [1.29, 1.82) is 0 Å². The molecule has 1 aromatic carbocycles. The van der Waals surface area contributed by atoms with Crippen LogP contribution in [0.4, 0.5) is 0 Å². The van der Waals surface area contributed by atoms with Gasteiger partial charge in [-0.05, 0) is 12.5 Å². The standard InChI is InChI=1S/C16H19N3O5/c20-15(8-19-13-4-2-1-3-11(13)7-17-19)18-12-5-6-23-9-14(12)24-10-16(21)22/h1-4,7,12,14H,5-6,8-10H2,(H,18,20)(H,21,22)/t12-,14-/m1/s1. The Morgan fingerprint density at radius 3 is 3.08 bits per heavy atom. The van der Waals surface area contributed by atoms with Gasteiger partial charge < -0.3 is 19.9 Å². The van der Waals surface area contributed by atoms with E-state index in [9.17, 15) is 9.59 Å². The molecular weight excluding hydrogens is 314 g/mol. The number of fused-ring (bicyclic) bond motifs is 1. The number of benzene rings is 1. The number of carboxylic acid groups (broad SMARTS) is 1. The summed E-state index contributed by atoms with van der Waals surface area (Å²) in [4.78, 5) is 23.0. The van der Waals surface area contributed by atoms with Crippen LogP contribution in [0.25, 0.3) is 10.9 Å². The molecule has 1 amide bonds. The zero-order valence-corrected chi connectivity index (χ0v) is 13.1. The van der Waals surface area contributed by atoms with E-state index in [4.69, 9.17) is 14.6 Å². The van der Waals surface area contributed by atoms with E-state index in [1.807, 2.05) is 24.3 Å². The minimum Gasteiger partial charge on any atom is -0.480 e. The molecule has 1 aliphatic heterocycles. The predicted molar refractivity (Wildman–Crippen MR) is 84.5 cm³/mol. The maximum absolute atomic E-state index is 12.3. The number of aliphatic carboxylic acids is 1. The van der Waals surface area contributed by atoms with Crippen LogP contribution in [0.15, 0.2) is 30.5 Å². The maximum Gasteiger partial charge on any atom is 0.329 e. The first-order valence-corrected chi connectivity index (χ1v) is 7.74. The summed E-state index contributed by atoms with van der Waals surface area (Å²) in [5, 5.41) is 16.8. The number of ether oxygens (including phenoxy) is 2. The van der Waals surface area contributed by atoms with Crippen LogP contribution in [0.2, 0.25) is 0 Å². The van der Waals surface area contributed by atoms with Gasteiger partial charge in [0.2, 0.25) is 5.91 Å². The Balaban J connectivity index is 1.61. The lowest BCUT2D eigenvalue weighted by molar-refractivity contribution is -0.149. The predicted octanol–water partition coefficient (Wildman–Crippen LogP) is 0.411. The van der Waals surface area contributed by atoms with Gasteiger partial charge in [0.15, 0.2) is 0 Å². The molecule has 1 aromatic heterocycles. The molecule has 2 atom stereocenters. The van der Waals surface area contributed by atoms with Gasteiger partial charge in [-0.15, -0.1) is 0 Å². The van der Waals surface area contributed by atoms with Gasteiger partial charge >= 0.3 is 5.97 Å². The van der Waals surface area contributed by atoms with Crippen molar-refractivity contribution in [3.63, 3.8) is 0 Å². The highest BCUT2D eigenvalue weighted by Gasteiger charge is 2.28. The molecule has 0 spiro atoms. The van der Waals surface area contributed by atoms with Crippen molar-refractivity contribution in [2.75, 3.05) is 19.8 Å². The van der Waals surface area contributed by atoms with Crippen LogP contribution in [-0.4, -0.2) is 58.7 Å². The van der Waals surface area contributed by atoms with Crippen LogP contribution in [0.3, 0.4) is 0 Å². The first-order chi connectivity index (χ1) is 11.6. The Morgan fingerprint density at radius 1 is 1.42 bits per heavy atom. The third-order valence-corrected chi connectivity index (χ3v) is 3.92. The smallest absolute Gasteiger partial charge is 0.329 e. The van der Waals surface area contributed by atoms with Gasteiger partial charge in [0.25, 0.3) is 0 Å². The first-order valence-electron chi connectivity index (χ1n) is 7.74. The van der Waals surface area contributed by atoms with Crippen LogP contribution in [0, 0.1) is 0 Å². The normalized spacial score (nSPS) is 20.8. The van der Waals surface area contributed by atoms with Gasteiger partial charge in [0, 0.05) is 12.0 Å². The lowest BCUT2D eigenvalue weighted by Crippen LogP contribution is -2.51. The van der Waals surface area contributed by atoms with Crippen LogP contribution in [0.5, 0.6) is 0 Å². The number of nitrogens with zero attached hydrogens (tertiary/aromatic N) is 2. The molecule has 0 aliphatic carbocycles. The topological polar surface area (TPSA) is 103 Å². The van der Waals surface area contributed by atoms with Gasteiger partial charge in [0.1, 0.15) is 19.3 Å². The molecule has 0 unspecified atom stereocenters. The molecule has 128 valence electrons. The second-order valence-electron chi connectivity index (χ2n) is 5.64. The summed E-state index contributed by atoms with van der Waals surface area (Å²) in [6.07, 6.45) is 1.83. The third-order valence-electron chi connectivity index (χ3n) is 3.92. The number of carboxylic acids is 1. The minimum atomic E-state index is -1.05. The number of carbonyl (C=O) groups is 2. The number of nitrogens with one attached hydrogen (secondary N) is 1. The van der Waals surface area contributed by atoms with Gasteiger partial charge in [0.05, 0.1) is 24.4 Å². The SMILES string of the molecule is O=C(O)CO[C@@H]1COCC[C@H]1NC(=O)Cn1ncc2ccccc21. The molecule has 2 N–H and O–H groups in total. The summed E-state index contributed by atoms with van der Waals surface area (Å²) >= 11 is 0. The van der Waals surface area contributed by atoms with Crippen LogP contribution in [0.1, 0.15) is 6.42 Å². The molecule has 8 heteroatoms. The van der Waals surface area contributed by atoms with Gasteiger partial charge in [-0.2, -0.15) is 5.10 Å². The van der Waals surface area contributed by atoms with Crippen molar-refractivity contribution in [2.45, 2.75) is 25.1 Å². The average molecular weight is 333 g/mol. The lowest BCUT2D eigenvalue weighted by atomic mass is 10.1. The van der Waals surface area contributed by atoms with Gasteiger partial charge in [-0.1, -0.05) is 18.2 Å². The summed E-state index contributed by atoms with van der Waals surface area (Å²) in [5.41, 5.74) is 0.887. The van der Waals surface area contributed by atoms with Crippen LogP contribution in [-0.2, 0) is 25.6 Å². The first kappa shape index (κ1) is 16.4. The Labute approximate surface area is 138 Å². The fraction of sp³-hybridized carbons (Fsp3) is 0.438. The van der Waals surface area contributed by atoms with E-state index in [1.165, 1.54) is 0 Å². The molecule has 3 rings (SSSR count). The maximum atomic E-state index is 12.3. The molecular formula is C16H19N3O5. The summed E-state index contributed by atoms with van der Waals surface area (Å²) in [6, 6.07) is 7.38. The minimum absolute atomic E-state index is 0.0938. The van der Waals surface area contributed by atoms with E-state index in [1.54, 1.807) is 10.9 Å². The Kier molecular flexibility index (Phi) is 5.07. The van der Waals surface area contributed by atoms with Crippen molar-refractivity contribution in [3.05, 3.63) is 30.5 Å². The summed E-state index contributed by atoms with van der Waals surface area (Å²) < 4.78 is 12.2. The molecule has 1 saturated heterocycles. The number of rotatable bonds is 6. The summed E-state index contributed by atoms with van der Waals surface area (Å²) in [7, 11) is 0. The molecule has 0 radical (unpaired) electrons. The number of hydrogen-bond acceptors (Lipinski definition) is 5.